The number of halogens is 3. The zero-order chi connectivity index (χ0) is 30.1. The summed E-state index contributed by atoms with van der Waals surface area (Å²) in [6.07, 6.45) is 0.433. The molecule has 2 heterocycles. The summed E-state index contributed by atoms with van der Waals surface area (Å²) in [6.45, 7) is 6.27. The number of nitrogens with one attached hydrogen (secondary N) is 1. The normalized spacial score (nSPS) is 20.1. The highest BCUT2D eigenvalue weighted by atomic mass is 32.2. The number of nitrogens with zero attached hydrogens (tertiary/aromatic N) is 4. The molecule has 1 aliphatic carbocycles. The molecule has 1 amide bonds. The number of sulfone groups is 1. The van der Waals surface area contributed by atoms with Gasteiger partial charge < -0.3 is 10.1 Å². The van der Waals surface area contributed by atoms with Gasteiger partial charge in [-0.15, -0.1) is 0 Å². The summed E-state index contributed by atoms with van der Waals surface area (Å²) in [7, 11) is -1.77. The summed E-state index contributed by atoms with van der Waals surface area (Å²) in [5, 5.41) is 12.5. The van der Waals surface area contributed by atoms with E-state index in [1.54, 1.807) is 6.92 Å². The lowest BCUT2D eigenvalue weighted by Gasteiger charge is -2.36. The molecule has 0 atom stereocenters. The highest BCUT2D eigenvalue weighted by Gasteiger charge is 2.47. The standard InChI is InChI=1S/C27H36F3N5O4S/c1-7-21-34-22(24(36)33-16-26(4)10-8-18(9-11-26)40(6,37)38)19(14-31)35(21)23-20(39-5)12-17(15-32-23)13-25(2,3)27(28,29)30/h12,15,18H,7-11,13,16H2,1-6H3,(H,33,36). The Balaban J connectivity index is 1.88. The second-order valence-corrected chi connectivity index (χ2v) is 13.8. The fourth-order valence-corrected chi connectivity index (χ4v) is 6.06. The van der Waals surface area contributed by atoms with E-state index in [0.717, 1.165) is 13.8 Å². The molecule has 0 spiro atoms. The van der Waals surface area contributed by atoms with E-state index in [1.165, 1.54) is 30.2 Å². The van der Waals surface area contributed by atoms with Gasteiger partial charge in [0.1, 0.15) is 21.7 Å². The molecule has 3 rings (SSSR count). The lowest BCUT2D eigenvalue weighted by molar-refractivity contribution is -0.211. The first-order chi connectivity index (χ1) is 18.5. The van der Waals surface area contributed by atoms with Crippen molar-refractivity contribution in [3.05, 3.63) is 35.0 Å². The SMILES string of the molecule is CCc1nc(C(=O)NCC2(C)CCC(S(C)(=O)=O)CC2)c(C#N)n1-c1ncc(CC(C)(C)C(F)(F)F)cc1OC. The summed E-state index contributed by atoms with van der Waals surface area (Å²) >= 11 is 0. The summed E-state index contributed by atoms with van der Waals surface area (Å²) in [5.41, 5.74) is -2.16. The van der Waals surface area contributed by atoms with E-state index in [0.29, 0.717) is 43.5 Å². The van der Waals surface area contributed by atoms with Crippen LogP contribution in [0.1, 0.15) is 80.9 Å². The van der Waals surface area contributed by atoms with Crippen LogP contribution in [-0.4, -0.2) is 60.2 Å². The largest absolute Gasteiger partial charge is 0.493 e. The Morgan fingerprint density at radius 1 is 1.30 bits per heavy atom. The number of aryl methyl sites for hydroxylation is 1. The van der Waals surface area contributed by atoms with E-state index in [2.05, 4.69) is 15.3 Å². The maximum absolute atomic E-state index is 13.4. The number of hydrogen-bond donors (Lipinski definition) is 1. The lowest BCUT2D eigenvalue weighted by atomic mass is 9.75. The Kier molecular flexibility index (Phi) is 8.94. The van der Waals surface area contributed by atoms with E-state index >= 15 is 0 Å². The minimum atomic E-state index is -4.42. The van der Waals surface area contributed by atoms with Crippen LogP contribution in [-0.2, 0) is 22.7 Å². The van der Waals surface area contributed by atoms with Crippen LogP contribution >= 0.6 is 0 Å². The van der Waals surface area contributed by atoms with Crippen LogP contribution in [0.5, 0.6) is 5.75 Å². The molecule has 0 bridgehead atoms. The van der Waals surface area contributed by atoms with Gasteiger partial charge in [-0.2, -0.15) is 18.4 Å². The predicted octanol–water partition coefficient (Wildman–Crippen LogP) is 4.56. The van der Waals surface area contributed by atoms with E-state index < -0.39 is 27.3 Å². The zero-order valence-electron chi connectivity index (χ0n) is 23.6. The van der Waals surface area contributed by atoms with Crippen molar-refractivity contribution >= 4 is 15.7 Å². The van der Waals surface area contributed by atoms with Crippen LogP contribution in [0.4, 0.5) is 13.2 Å². The van der Waals surface area contributed by atoms with Gasteiger partial charge in [0, 0.05) is 25.4 Å². The van der Waals surface area contributed by atoms with Crippen LogP contribution in [0, 0.1) is 22.2 Å². The Morgan fingerprint density at radius 3 is 2.42 bits per heavy atom. The number of nitriles is 1. The van der Waals surface area contributed by atoms with Gasteiger partial charge in [0.2, 0.25) is 0 Å². The fourth-order valence-electron chi connectivity index (χ4n) is 4.97. The molecule has 40 heavy (non-hydrogen) atoms. The van der Waals surface area contributed by atoms with E-state index in [-0.39, 0.29) is 46.6 Å². The van der Waals surface area contributed by atoms with Crippen molar-refractivity contribution in [2.24, 2.45) is 10.8 Å². The zero-order valence-corrected chi connectivity index (χ0v) is 24.5. The van der Waals surface area contributed by atoms with Crippen LogP contribution < -0.4 is 10.1 Å². The second kappa shape index (κ2) is 11.4. The average Bonchev–Trinajstić information content (AvgIpc) is 3.24. The van der Waals surface area contributed by atoms with Crippen molar-refractivity contribution in [1.82, 2.24) is 19.9 Å². The first-order valence-corrected chi connectivity index (χ1v) is 15.0. The van der Waals surface area contributed by atoms with Crippen LogP contribution in [0.3, 0.4) is 0 Å². The van der Waals surface area contributed by atoms with Crippen LogP contribution in [0.15, 0.2) is 12.3 Å². The predicted molar refractivity (Wildman–Crippen MR) is 143 cm³/mol. The summed E-state index contributed by atoms with van der Waals surface area (Å²) in [6, 6.07) is 3.47. The molecule has 2 aromatic rings. The molecule has 1 fully saturated rings. The second-order valence-electron chi connectivity index (χ2n) is 11.5. The molecule has 9 nitrogen and oxygen atoms in total. The maximum Gasteiger partial charge on any atom is 0.394 e. The molecule has 0 radical (unpaired) electrons. The van der Waals surface area contributed by atoms with E-state index in [9.17, 15) is 31.6 Å². The minimum Gasteiger partial charge on any atom is -0.493 e. The van der Waals surface area contributed by atoms with Gasteiger partial charge in [0.15, 0.2) is 23.0 Å². The topological polar surface area (TPSA) is 127 Å². The Hall–Kier alpha value is -3.14. The van der Waals surface area contributed by atoms with Crippen molar-refractivity contribution < 1.29 is 31.1 Å². The van der Waals surface area contributed by atoms with Crippen molar-refractivity contribution in [2.45, 2.75) is 77.6 Å². The van der Waals surface area contributed by atoms with Gasteiger partial charge >= 0.3 is 6.18 Å². The number of carbonyl (C=O) groups is 1. The van der Waals surface area contributed by atoms with E-state index in [4.69, 9.17) is 4.74 Å². The van der Waals surface area contributed by atoms with Gasteiger partial charge in [-0.3, -0.25) is 9.36 Å². The molecular formula is C27H36F3N5O4S. The van der Waals surface area contributed by atoms with Gasteiger partial charge in [-0.25, -0.2) is 18.4 Å². The lowest BCUT2D eigenvalue weighted by Crippen LogP contribution is -2.40. The summed E-state index contributed by atoms with van der Waals surface area (Å²) in [5.74, 6) is 0.0815. The number of carbonyl (C=O) groups excluding carboxylic acids is 1. The first kappa shape index (κ1) is 31.4. The Bertz CT molecular complexity index is 1400. The number of pyridine rings is 1. The average molecular weight is 584 g/mol. The molecule has 220 valence electrons. The molecule has 1 aliphatic rings. The molecule has 0 aromatic carbocycles. The van der Waals surface area contributed by atoms with Crippen molar-refractivity contribution in [2.75, 3.05) is 19.9 Å². The monoisotopic (exact) mass is 583 g/mol. The third-order valence-electron chi connectivity index (χ3n) is 7.74. The number of aromatic nitrogens is 3. The minimum absolute atomic E-state index is 0.0746. The number of hydrogen-bond acceptors (Lipinski definition) is 7. The number of imidazole rings is 1. The third kappa shape index (κ3) is 6.59. The van der Waals surface area contributed by atoms with Gasteiger partial charge in [0.25, 0.3) is 5.91 Å². The van der Waals surface area contributed by atoms with Crippen molar-refractivity contribution in [3.63, 3.8) is 0 Å². The van der Waals surface area contributed by atoms with Crippen molar-refractivity contribution in [1.29, 1.82) is 5.26 Å². The fraction of sp³-hybridized carbons (Fsp3) is 0.630. The smallest absolute Gasteiger partial charge is 0.394 e. The molecule has 1 N–H and O–H groups in total. The molecule has 0 unspecified atom stereocenters. The first-order valence-electron chi connectivity index (χ1n) is 13.0. The van der Waals surface area contributed by atoms with Crippen LogP contribution in [0.2, 0.25) is 0 Å². The summed E-state index contributed by atoms with van der Waals surface area (Å²) in [4.78, 5) is 21.9. The Morgan fingerprint density at radius 2 is 1.93 bits per heavy atom. The number of amides is 1. The molecule has 1 saturated carbocycles. The molecule has 0 aliphatic heterocycles. The Labute approximate surface area is 233 Å². The van der Waals surface area contributed by atoms with Crippen molar-refractivity contribution in [3.8, 4) is 17.6 Å². The third-order valence-corrected chi connectivity index (χ3v) is 9.42. The number of ether oxygens (including phenoxy) is 1. The van der Waals surface area contributed by atoms with Gasteiger partial charge in [-0.1, -0.05) is 27.7 Å². The number of alkyl halides is 3. The molecule has 13 heteroatoms. The quantitative estimate of drug-likeness (QED) is 0.458. The number of methoxy groups -OCH3 is 1. The maximum atomic E-state index is 13.4. The highest BCUT2D eigenvalue weighted by Crippen LogP contribution is 2.41. The van der Waals surface area contributed by atoms with E-state index in [1.807, 2.05) is 13.0 Å². The van der Waals surface area contributed by atoms with Gasteiger partial charge in [-0.05, 0) is 49.1 Å². The molecule has 0 saturated heterocycles. The number of rotatable bonds is 9. The van der Waals surface area contributed by atoms with Gasteiger partial charge in [0.05, 0.1) is 17.8 Å². The molecular weight excluding hydrogens is 547 g/mol. The highest BCUT2D eigenvalue weighted by molar-refractivity contribution is 7.91. The summed E-state index contributed by atoms with van der Waals surface area (Å²) < 4.78 is 70.9. The molecule has 2 aromatic heterocycles. The van der Waals surface area contributed by atoms with Crippen LogP contribution in [0.25, 0.3) is 5.82 Å².